The number of hydrogen-bond donors (Lipinski definition) is 0. The van der Waals surface area contributed by atoms with E-state index in [1.807, 2.05) is 36.1 Å². The van der Waals surface area contributed by atoms with Crippen LogP contribution in [0.3, 0.4) is 0 Å². The van der Waals surface area contributed by atoms with Crippen LogP contribution in [0.4, 0.5) is 13.2 Å². The number of benzene rings is 2. The minimum Gasteiger partial charge on any atom is -0.338 e. The molecule has 0 radical (unpaired) electrons. The first-order chi connectivity index (χ1) is 14.7. The third kappa shape index (κ3) is 4.31. The number of likely N-dealkylation sites (tertiary alicyclic amines) is 1. The third-order valence-corrected chi connectivity index (χ3v) is 7.57. The highest BCUT2D eigenvalue weighted by Gasteiger charge is 2.47. The number of alkyl halides is 3. The van der Waals surface area contributed by atoms with Gasteiger partial charge in [0.05, 0.1) is 10.4 Å². The SMILES string of the molecule is Cc1ccc(C(=O)N2CCC3(CC2)SCCN3C(=O)c2ccc(C(F)(F)F)cc2)cc1. The number of hydrogen-bond acceptors (Lipinski definition) is 3. The summed E-state index contributed by atoms with van der Waals surface area (Å²) in [7, 11) is 0. The monoisotopic (exact) mass is 448 g/mol. The van der Waals surface area contributed by atoms with E-state index in [1.165, 1.54) is 12.1 Å². The van der Waals surface area contributed by atoms with Gasteiger partial charge >= 0.3 is 6.18 Å². The molecule has 2 amide bonds. The normalized spacial score (nSPS) is 18.5. The Morgan fingerprint density at radius 2 is 1.42 bits per heavy atom. The Hall–Kier alpha value is -2.48. The summed E-state index contributed by atoms with van der Waals surface area (Å²) in [5, 5.41) is 0. The maximum Gasteiger partial charge on any atom is 0.416 e. The molecule has 0 saturated carbocycles. The Balaban J connectivity index is 1.45. The van der Waals surface area contributed by atoms with Gasteiger partial charge in [0.2, 0.25) is 0 Å². The second kappa shape index (κ2) is 8.22. The minimum absolute atomic E-state index is 0.0153. The molecular formula is C23H23F3N2O2S. The van der Waals surface area contributed by atoms with E-state index in [-0.39, 0.29) is 17.4 Å². The molecule has 4 rings (SSSR count). The lowest BCUT2D eigenvalue weighted by atomic mass is 9.99. The fourth-order valence-corrected chi connectivity index (χ4v) is 5.66. The maximum absolute atomic E-state index is 13.1. The summed E-state index contributed by atoms with van der Waals surface area (Å²) in [6, 6.07) is 11.9. The average molecular weight is 449 g/mol. The van der Waals surface area contributed by atoms with Gasteiger partial charge in [-0.25, -0.2) is 0 Å². The van der Waals surface area contributed by atoms with Crippen LogP contribution in [-0.2, 0) is 6.18 Å². The van der Waals surface area contributed by atoms with Crippen molar-refractivity contribution in [3.05, 3.63) is 70.8 Å². The van der Waals surface area contributed by atoms with Gasteiger partial charge < -0.3 is 9.80 Å². The maximum atomic E-state index is 13.1. The molecule has 0 atom stereocenters. The van der Waals surface area contributed by atoms with Crippen molar-refractivity contribution in [1.82, 2.24) is 9.80 Å². The predicted octanol–water partition coefficient (Wildman–Crippen LogP) is 4.84. The van der Waals surface area contributed by atoms with Crippen LogP contribution in [0.15, 0.2) is 48.5 Å². The average Bonchev–Trinajstić information content (AvgIpc) is 3.16. The van der Waals surface area contributed by atoms with Crippen LogP contribution < -0.4 is 0 Å². The van der Waals surface area contributed by atoms with E-state index in [2.05, 4.69) is 0 Å². The molecule has 2 aromatic rings. The summed E-state index contributed by atoms with van der Waals surface area (Å²) in [5.41, 5.74) is 1.23. The molecule has 0 bridgehead atoms. The molecule has 4 nitrogen and oxygen atoms in total. The molecular weight excluding hydrogens is 425 g/mol. The van der Waals surface area contributed by atoms with Gasteiger partial charge in [-0.1, -0.05) is 17.7 Å². The Bertz CT molecular complexity index is 966. The van der Waals surface area contributed by atoms with Crippen molar-refractivity contribution in [2.75, 3.05) is 25.4 Å². The molecule has 0 aliphatic carbocycles. The third-order valence-electron chi connectivity index (χ3n) is 6.01. The summed E-state index contributed by atoms with van der Waals surface area (Å²) in [6.45, 7) is 3.60. The van der Waals surface area contributed by atoms with Crippen LogP contribution >= 0.6 is 11.8 Å². The molecule has 2 aliphatic heterocycles. The van der Waals surface area contributed by atoms with Crippen molar-refractivity contribution in [3.63, 3.8) is 0 Å². The van der Waals surface area contributed by atoms with Gasteiger partial charge in [0, 0.05) is 36.5 Å². The summed E-state index contributed by atoms with van der Waals surface area (Å²) in [4.78, 5) is 29.1. The van der Waals surface area contributed by atoms with Gasteiger partial charge in [-0.15, -0.1) is 11.8 Å². The van der Waals surface area contributed by atoms with Crippen LogP contribution in [0.5, 0.6) is 0 Å². The molecule has 0 aromatic heterocycles. The van der Waals surface area contributed by atoms with Gasteiger partial charge in [-0.3, -0.25) is 9.59 Å². The smallest absolute Gasteiger partial charge is 0.338 e. The van der Waals surface area contributed by atoms with Crippen LogP contribution in [0.2, 0.25) is 0 Å². The second-order valence-corrected chi connectivity index (χ2v) is 9.44. The van der Waals surface area contributed by atoms with Gasteiger partial charge in [-0.05, 0) is 56.2 Å². The van der Waals surface area contributed by atoms with E-state index >= 15 is 0 Å². The fourth-order valence-electron chi connectivity index (χ4n) is 4.20. The molecule has 164 valence electrons. The fraction of sp³-hybridized carbons (Fsp3) is 0.391. The second-order valence-electron chi connectivity index (χ2n) is 7.98. The molecule has 2 aliphatic rings. The molecule has 8 heteroatoms. The molecule has 0 unspecified atom stereocenters. The summed E-state index contributed by atoms with van der Waals surface area (Å²) < 4.78 is 38.5. The summed E-state index contributed by atoms with van der Waals surface area (Å²) in [5.74, 6) is 0.508. The lowest BCUT2D eigenvalue weighted by Gasteiger charge is -2.44. The topological polar surface area (TPSA) is 40.6 Å². The summed E-state index contributed by atoms with van der Waals surface area (Å²) >= 11 is 1.70. The molecule has 2 aromatic carbocycles. The van der Waals surface area contributed by atoms with E-state index in [9.17, 15) is 22.8 Å². The highest BCUT2D eigenvalue weighted by molar-refractivity contribution is 8.00. The molecule has 2 fully saturated rings. The van der Waals surface area contributed by atoms with Crippen molar-refractivity contribution in [1.29, 1.82) is 0 Å². The zero-order valence-corrected chi connectivity index (χ0v) is 17.9. The standard InChI is InChI=1S/C23H23F3N2O2S/c1-16-2-4-17(5-3-16)20(29)27-12-10-22(11-13-27)28(14-15-31-22)21(30)18-6-8-19(9-7-18)23(24,25)26/h2-9H,10-15H2,1H3. The van der Waals surface area contributed by atoms with Crippen molar-refractivity contribution in [3.8, 4) is 0 Å². The van der Waals surface area contributed by atoms with Gasteiger partial charge in [0.1, 0.15) is 0 Å². The molecule has 0 N–H and O–H groups in total. The number of aryl methyl sites for hydroxylation is 1. The number of nitrogens with zero attached hydrogens (tertiary/aromatic N) is 2. The van der Waals surface area contributed by atoms with E-state index in [0.717, 1.165) is 23.4 Å². The number of amides is 2. The van der Waals surface area contributed by atoms with Crippen molar-refractivity contribution >= 4 is 23.6 Å². The van der Waals surface area contributed by atoms with Crippen LogP contribution in [0, 0.1) is 6.92 Å². The lowest BCUT2D eigenvalue weighted by molar-refractivity contribution is -0.137. The quantitative estimate of drug-likeness (QED) is 0.661. The predicted molar refractivity (Wildman–Crippen MR) is 114 cm³/mol. The summed E-state index contributed by atoms with van der Waals surface area (Å²) in [6.07, 6.45) is -3.15. The highest BCUT2D eigenvalue weighted by atomic mass is 32.2. The minimum atomic E-state index is -4.43. The lowest BCUT2D eigenvalue weighted by Crippen LogP contribution is -2.53. The first kappa shape index (κ1) is 21.7. The van der Waals surface area contributed by atoms with Gasteiger partial charge in [0.15, 0.2) is 0 Å². The molecule has 1 spiro atoms. The van der Waals surface area contributed by atoms with Crippen LogP contribution in [0.1, 0.15) is 44.7 Å². The van der Waals surface area contributed by atoms with Gasteiger partial charge in [0.25, 0.3) is 11.8 Å². The molecule has 31 heavy (non-hydrogen) atoms. The largest absolute Gasteiger partial charge is 0.416 e. The van der Waals surface area contributed by atoms with Crippen molar-refractivity contribution in [2.24, 2.45) is 0 Å². The van der Waals surface area contributed by atoms with Gasteiger partial charge in [-0.2, -0.15) is 13.2 Å². The van der Waals surface area contributed by atoms with E-state index in [4.69, 9.17) is 0 Å². The van der Waals surface area contributed by atoms with Crippen LogP contribution in [0.25, 0.3) is 0 Å². The number of thioether (sulfide) groups is 1. The highest BCUT2D eigenvalue weighted by Crippen LogP contribution is 2.44. The zero-order chi connectivity index (χ0) is 22.2. The number of carbonyl (C=O) groups excluding carboxylic acids is 2. The Morgan fingerprint density at radius 1 is 0.871 bits per heavy atom. The number of halogens is 3. The first-order valence-electron chi connectivity index (χ1n) is 10.2. The molecule has 2 heterocycles. The van der Waals surface area contributed by atoms with E-state index < -0.39 is 16.6 Å². The zero-order valence-electron chi connectivity index (χ0n) is 17.1. The van der Waals surface area contributed by atoms with Crippen LogP contribution in [-0.4, -0.2) is 51.9 Å². The van der Waals surface area contributed by atoms with E-state index in [0.29, 0.717) is 38.0 Å². The van der Waals surface area contributed by atoms with E-state index in [1.54, 1.807) is 16.7 Å². The Kier molecular flexibility index (Phi) is 5.77. The first-order valence-corrected chi connectivity index (χ1v) is 11.2. The van der Waals surface area contributed by atoms with Crippen molar-refractivity contribution in [2.45, 2.75) is 30.8 Å². The number of rotatable bonds is 2. The Labute approximate surface area is 183 Å². The number of carbonyl (C=O) groups is 2. The molecule has 2 saturated heterocycles. The van der Waals surface area contributed by atoms with Crippen molar-refractivity contribution < 1.29 is 22.8 Å². The Morgan fingerprint density at radius 3 is 2.00 bits per heavy atom. The number of piperidine rings is 1.